The molecule has 1 N–H and O–H groups in total. The fraction of sp³-hybridized carbons (Fsp3) is 0.750. The molecule has 2 rings (SSSR count). The minimum atomic E-state index is -0.827. The molecule has 19 heavy (non-hydrogen) atoms. The Morgan fingerprint density at radius 1 is 1.47 bits per heavy atom. The highest BCUT2D eigenvalue weighted by Crippen LogP contribution is 2.40. The van der Waals surface area contributed by atoms with E-state index in [-0.39, 0.29) is 5.75 Å². The van der Waals surface area contributed by atoms with Crippen LogP contribution in [0.25, 0.3) is 0 Å². The number of aromatic nitrogens is 3. The second-order valence-electron chi connectivity index (χ2n) is 4.65. The molecule has 1 aliphatic carbocycles. The van der Waals surface area contributed by atoms with E-state index < -0.39 is 5.97 Å². The van der Waals surface area contributed by atoms with E-state index in [0.29, 0.717) is 5.92 Å². The highest BCUT2D eigenvalue weighted by Gasteiger charge is 2.30. The van der Waals surface area contributed by atoms with Crippen LogP contribution in [0.3, 0.4) is 0 Å². The number of nitrogens with zero attached hydrogens (tertiary/aromatic N) is 3. The predicted octanol–water partition coefficient (Wildman–Crippen LogP) is 1.76. The van der Waals surface area contributed by atoms with Crippen LogP contribution in [-0.4, -0.2) is 45.3 Å². The number of carboxylic acid groups (broad SMARTS) is 1. The van der Waals surface area contributed by atoms with Crippen molar-refractivity contribution in [3.8, 4) is 0 Å². The Kier molecular flexibility index (Phi) is 5.21. The van der Waals surface area contributed by atoms with Gasteiger partial charge in [0, 0.05) is 26.2 Å². The molecule has 0 unspecified atom stereocenters. The lowest BCUT2D eigenvalue weighted by Crippen LogP contribution is -2.07. The van der Waals surface area contributed by atoms with Gasteiger partial charge in [0.15, 0.2) is 5.16 Å². The van der Waals surface area contributed by atoms with Crippen LogP contribution in [0.2, 0.25) is 0 Å². The molecule has 0 bridgehead atoms. The van der Waals surface area contributed by atoms with E-state index in [1.807, 2.05) is 0 Å². The topological polar surface area (TPSA) is 77.2 Å². The van der Waals surface area contributed by atoms with E-state index in [9.17, 15) is 4.79 Å². The lowest BCUT2D eigenvalue weighted by Gasteiger charge is -2.08. The quantitative estimate of drug-likeness (QED) is 0.550. The number of hydrogen-bond acceptors (Lipinski definition) is 5. The maximum atomic E-state index is 10.6. The van der Waals surface area contributed by atoms with Gasteiger partial charge in [0.25, 0.3) is 0 Å². The molecular formula is C12H19N3O3S. The SMILES string of the molecule is COCCCCn1c(SCC(=O)O)nnc1C1CC1. The fourth-order valence-corrected chi connectivity index (χ4v) is 2.59. The summed E-state index contributed by atoms with van der Waals surface area (Å²) in [4.78, 5) is 10.6. The Morgan fingerprint density at radius 3 is 2.89 bits per heavy atom. The molecule has 0 amide bonds. The van der Waals surface area contributed by atoms with E-state index in [1.165, 1.54) is 24.6 Å². The fourth-order valence-electron chi connectivity index (χ4n) is 1.90. The van der Waals surface area contributed by atoms with Crippen LogP contribution in [0.4, 0.5) is 0 Å². The van der Waals surface area contributed by atoms with Crippen LogP contribution < -0.4 is 0 Å². The van der Waals surface area contributed by atoms with Crippen molar-refractivity contribution in [3.05, 3.63) is 5.82 Å². The van der Waals surface area contributed by atoms with Gasteiger partial charge < -0.3 is 14.4 Å². The minimum absolute atomic E-state index is 0.0286. The summed E-state index contributed by atoms with van der Waals surface area (Å²) in [5.74, 6) is 0.743. The first-order valence-corrected chi connectivity index (χ1v) is 7.47. The first kappa shape index (κ1) is 14.3. The summed E-state index contributed by atoms with van der Waals surface area (Å²) < 4.78 is 7.12. The maximum absolute atomic E-state index is 10.6. The lowest BCUT2D eigenvalue weighted by molar-refractivity contribution is -0.133. The summed E-state index contributed by atoms with van der Waals surface area (Å²) in [7, 11) is 1.70. The van der Waals surface area contributed by atoms with Crippen LogP contribution in [0.15, 0.2) is 5.16 Å². The molecule has 1 heterocycles. The zero-order chi connectivity index (χ0) is 13.7. The summed E-state index contributed by atoms with van der Waals surface area (Å²) in [6, 6.07) is 0. The van der Waals surface area contributed by atoms with Gasteiger partial charge in [-0.3, -0.25) is 4.79 Å². The summed E-state index contributed by atoms with van der Waals surface area (Å²) >= 11 is 1.24. The number of unbranched alkanes of at least 4 members (excludes halogenated alkanes) is 1. The number of aliphatic carboxylic acids is 1. The van der Waals surface area contributed by atoms with E-state index in [0.717, 1.165) is 37.0 Å². The Hall–Kier alpha value is -1.08. The normalized spacial score (nSPS) is 14.8. The summed E-state index contributed by atoms with van der Waals surface area (Å²) in [6.07, 6.45) is 4.31. The molecule has 0 atom stereocenters. The van der Waals surface area contributed by atoms with Gasteiger partial charge >= 0.3 is 5.97 Å². The number of methoxy groups -OCH3 is 1. The maximum Gasteiger partial charge on any atom is 0.313 e. The number of hydrogen-bond donors (Lipinski definition) is 1. The number of ether oxygens (including phenoxy) is 1. The van der Waals surface area contributed by atoms with Crippen LogP contribution in [-0.2, 0) is 16.1 Å². The summed E-state index contributed by atoms with van der Waals surface area (Å²) in [5.41, 5.74) is 0. The number of carbonyl (C=O) groups is 1. The minimum Gasteiger partial charge on any atom is -0.481 e. The van der Waals surface area contributed by atoms with E-state index in [1.54, 1.807) is 7.11 Å². The smallest absolute Gasteiger partial charge is 0.313 e. The molecule has 1 aromatic heterocycles. The Morgan fingerprint density at radius 2 is 2.26 bits per heavy atom. The van der Waals surface area contributed by atoms with Crippen molar-refractivity contribution in [1.29, 1.82) is 0 Å². The molecule has 0 aliphatic heterocycles. The monoisotopic (exact) mass is 285 g/mol. The molecule has 0 aromatic carbocycles. The number of rotatable bonds is 9. The van der Waals surface area contributed by atoms with Gasteiger partial charge in [-0.25, -0.2) is 0 Å². The standard InChI is InChI=1S/C12H19N3O3S/c1-18-7-3-2-6-15-11(9-4-5-9)13-14-12(15)19-8-10(16)17/h9H,2-8H2,1H3,(H,16,17). The highest BCUT2D eigenvalue weighted by atomic mass is 32.2. The van der Waals surface area contributed by atoms with E-state index in [2.05, 4.69) is 14.8 Å². The van der Waals surface area contributed by atoms with Gasteiger partial charge in [0.1, 0.15) is 5.82 Å². The number of carboxylic acids is 1. The summed E-state index contributed by atoms with van der Waals surface area (Å²) in [6.45, 7) is 1.59. The molecule has 6 nitrogen and oxygen atoms in total. The molecule has 0 saturated heterocycles. The van der Waals surface area contributed by atoms with Crippen molar-refractivity contribution in [1.82, 2.24) is 14.8 Å². The van der Waals surface area contributed by atoms with Gasteiger partial charge in [-0.1, -0.05) is 11.8 Å². The van der Waals surface area contributed by atoms with E-state index >= 15 is 0 Å². The van der Waals surface area contributed by atoms with Gasteiger partial charge in [-0.2, -0.15) is 0 Å². The first-order chi connectivity index (χ1) is 9.22. The molecule has 0 spiro atoms. The van der Waals surface area contributed by atoms with Crippen LogP contribution in [0, 0.1) is 0 Å². The molecule has 0 radical (unpaired) electrons. The summed E-state index contributed by atoms with van der Waals surface area (Å²) in [5, 5.41) is 17.8. The third-order valence-electron chi connectivity index (χ3n) is 2.99. The van der Waals surface area contributed by atoms with Gasteiger partial charge in [-0.15, -0.1) is 10.2 Å². The highest BCUT2D eigenvalue weighted by molar-refractivity contribution is 7.99. The van der Waals surface area contributed by atoms with Crippen LogP contribution in [0.1, 0.15) is 37.4 Å². The lowest BCUT2D eigenvalue weighted by atomic mass is 10.3. The third kappa shape index (κ3) is 4.21. The van der Waals surface area contributed by atoms with Crippen LogP contribution >= 0.6 is 11.8 Å². The zero-order valence-electron chi connectivity index (χ0n) is 11.0. The van der Waals surface area contributed by atoms with E-state index in [4.69, 9.17) is 9.84 Å². The average molecular weight is 285 g/mol. The van der Waals surface area contributed by atoms with Gasteiger partial charge in [0.2, 0.25) is 0 Å². The van der Waals surface area contributed by atoms with Crippen molar-refractivity contribution >= 4 is 17.7 Å². The van der Waals surface area contributed by atoms with Crippen molar-refractivity contribution in [2.75, 3.05) is 19.5 Å². The molecule has 1 fully saturated rings. The molecule has 106 valence electrons. The average Bonchev–Trinajstić information content (AvgIpc) is 3.14. The number of thioether (sulfide) groups is 1. The van der Waals surface area contributed by atoms with Gasteiger partial charge in [0.05, 0.1) is 5.75 Å². The third-order valence-corrected chi connectivity index (χ3v) is 3.94. The molecule has 1 aliphatic rings. The zero-order valence-corrected chi connectivity index (χ0v) is 11.9. The Labute approximate surface area is 116 Å². The molecule has 1 aromatic rings. The second kappa shape index (κ2) is 6.91. The second-order valence-corrected chi connectivity index (χ2v) is 5.59. The Bertz CT molecular complexity index is 432. The molecule has 7 heteroatoms. The van der Waals surface area contributed by atoms with Crippen molar-refractivity contribution < 1.29 is 14.6 Å². The predicted molar refractivity (Wildman–Crippen MR) is 71.5 cm³/mol. The molecular weight excluding hydrogens is 266 g/mol. The van der Waals surface area contributed by atoms with Crippen LogP contribution in [0.5, 0.6) is 0 Å². The Balaban J connectivity index is 1.98. The first-order valence-electron chi connectivity index (χ1n) is 6.49. The van der Waals surface area contributed by atoms with Crippen molar-refractivity contribution in [2.45, 2.75) is 43.3 Å². The largest absolute Gasteiger partial charge is 0.481 e. The van der Waals surface area contributed by atoms with Crippen molar-refractivity contribution in [2.24, 2.45) is 0 Å². The molecule has 1 saturated carbocycles. The van der Waals surface area contributed by atoms with Crippen molar-refractivity contribution in [3.63, 3.8) is 0 Å². The van der Waals surface area contributed by atoms with Gasteiger partial charge in [-0.05, 0) is 25.7 Å².